The summed E-state index contributed by atoms with van der Waals surface area (Å²) in [6, 6.07) is 44.9. The van der Waals surface area contributed by atoms with Crippen molar-refractivity contribution in [3.8, 4) is 16.8 Å². The van der Waals surface area contributed by atoms with Gasteiger partial charge >= 0.3 is 0 Å². The second-order valence-electron chi connectivity index (χ2n) is 7.99. The van der Waals surface area contributed by atoms with Crippen LogP contribution in [0.5, 0.6) is 0 Å². The van der Waals surface area contributed by atoms with Crippen molar-refractivity contribution >= 4 is 33.2 Å². The molecule has 1 heterocycles. The molecule has 6 rings (SSSR count). The Kier molecular flexibility index (Phi) is 4.47. The average Bonchev–Trinajstić information content (AvgIpc) is 3.19. The van der Waals surface area contributed by atoms with Crippen LogP contribution in [0.4, 0.5) is 11.4 Å². The number of nitrogens with zero attached hydrogens (tertiary/aromatic N) is 1. The van der Waals surface area contributed by atoms with Crippen LogP contribution in [0.25, 0.3) is 38.6 Å². The van der Waals surface area contributed by atoms with E-state index in [-0.39, 0.29) is 0 Å². The van der Waals surface area contributed by atoms with E-state index in [1.807, 2.05) is 18.2 Å². The minimum absolute atomic E-state index is 1.08. The van der Waals surface area contributed by atoms with Gasteiger partial charge in [0.15, 0.2) is 0 Å². The summed E-state index contributed by atoms with van der Waals surface area (Å²) in [5.74, 6) is 0. The van der Waals surface area contributed by atoms with Gasteiger partial charge in [-0.3, -0.25) is 0 Å². The summed E-state index contributed by atoms with van der Waals surface area (Å²) in [4.78, 5) is 0. The molecule has 6 aromatic rings. The van der Waals surface area contributed by atoms with E-state index in [1.165, 1.54) is 38.6 Å². The zero-order valence-electron chi connectivity index (χ0n) is 17.6. The molecule has 0 radical (unpaired) electrons. The van der Waals surface area contributed by atoms with Crippen LogP contribution in [0.2, 0.25) is 0 Å². The van der Waals surface area contributed by atoms with Gasteiger partial charge in [0.1, 0.15) is 0 Å². The highest BCUT2D eigenvalue weighted by Crippen LogP contribution is 2.35. The van der Waals surface area contributed by atoms with Crippen molar-refractivity contribution in [2.45, 2.75) is 0 Å². The largest absolute Gasteiger partial charge is 0.356 e. The van der Waals surface area contributed by atoms with E-state index in [0.717, 1.165) is 11.4 Å². The smallest absolute Gasteiger partial charge is 0.0541 e. The molecule has 152 valence electrons. The van der Waals surface area contributed by atoms with Crippen molar-refractivity contribution in [1.29, 1.82) is 0 Å². The first-order valence-corrected chi connectivity index (χ1v) is 10.9. The number of aromatic nitrogens is 1. The molecule has 0 aliphatic rings. The van der Waals surface area contributed by atoms with E-state index in [9.17, 15) is 0 Å². The summed E-state index contributed by atoms with van der Waals surface area (Å²) < 4.78 is 2.35. The zero-order valence-corrected chi connectivity index (χ0v) is 17.6. The second-order valence-corrected chi connectivity index (χ2v) is 7.99. The highest BCUT2D eigenvalue weighted by atomic mass is 15.0. The van der Waals surface area contributed by atoms with Crippen molar-refractivity contribution in [1.82, 2.24) is 4.57 Å². The predicted octanol–water partition coefficient (Wildman–Crippen LogP) is 8.19. The first-order chi connectivity index (χ1) is 15.9. The monoisotopic (exact) mass is 410 g/mol. The average molecular weight is 411 g/mol. The molecule has 2 heteroatoms. The minimum Gasteiger partial charge on any atom is -0.356 e. The lowest BCUT2D eigenvalue weighted by Crippen LogP contribution is -1.93. The van der Waals surface area contributed by atoms with Gasteiger partial charge in [0.25, 0.3) is 0 Å². The number of benzene rings is 5. The van der Waals surface area contributed by atoms with Gasteiger partial charge < -0.3 is 9.88 Å². The van der Waals surface area contributed by atoms with Crippen LogP contribution in [-0.2, 0) is 0 Å². The molecule has 0 spiro atoms. The minimum atomic E-state index is 1.08. The fourth-order valence-electron chi connectivity index (χ4n) is 4.47. The third-order valence-corrected chi connectivity index (χ3v) is 5.95. The van der Waals surface area contributed by atoms with Crippen LogP contribution in [0, 0.1) is 0 Å². The number of nitrogens with one attached hydrogen (secondary N) is 1. The van der Waals surface area contributed by atoms with Crippen LogP contribution in [0.3, 0.4) is 0 Å². The van der Waals surface area contributed by atoms with Crippen LogP contribution < -0.4 is 5.32 Å². The molecule has 1 aromatic heterocycles. The molecule has 0 fully saturated rings. The van der Waals surface area contributed by atoms with Gasteiger partial charge in [0.2, 0.25) is 0 Å². The van der Waals surface area contributed by atoms with E-state index in [2.05, 4.69) is 119 Å². The summed E-state index contributed by atoms with van der Waals surface area (Å²) >= 11 is 0. The molecule has 0 saturated heterocycles. The first kappa shape index (κ1) is 18.5. The molecule has 0 unspecified atom stereocenters. The molecule has 5 aromatic carbocycles. The van der Waals surface area contributed by atoms with Crippen molar-refractivity contribution < 1.29 is 0 Å². The maximum absolute atomic E-state index is 3.50. The van der Waals surface area contributed by atoms with Crippen LogP contribution in [0.1, 0.15) is 0 Å². The van der Waals surface area contributed by atoms with Crippen molar-refractivity contribution in [3.05, 3.63) is 127 Å². The summed E-state index contributed by atoms with van der Waals surface area (Å²) in [6.07, 6.45) is 0. The van der Waals surface area contributed by atoms with E-state index >= 15 is 0 Å². The quantitative estimate of drug-likeness (QED) is 0.310. The topological polar surface area (TPSA) is 17.0 Å². The second kappa shape index (κ2) is 7.75. The zero-order chi connectivity index (χ0) is 21.3. The lowest BCUT2D eigenvalue weighted by molar-refractivity contribution is 1.18. The molecule has 32 heavy (non-hydrogen) atoms. The molecular weight excluding hydrogens is 388 g/mol. The normalized spacial score (nSPS) is 11.1. The Morgan fingerprint density at radius 2 is 1.09 bits per heavy atom. The van der Waals surface area contributed by atoms with Gasteiger partial charge in [0.05, 0.1) is 11.0 Å². The third kappa shape index (κ3) is 3.23. The molecular formula is C30H22N2. The molecule has 0 atom stereocenters. The molecule has 2 nitrogen and oxygen atoms in total. The Morgan fingerprint density at radius 1 is 0.438 bits per heavy atom. The van der Waals surface area contributed by atoms with Gasteiger partial charge in [-0.05, 0) is 65.7 Å². The molecule has 0 aliphatic heterocycles. The Hall–Kier alpha value is -4.30. The molecule has 1 N–H and O–H groups in total. The highest BCUT2D eigenvalue weighted by Gasteiger charge is 2.13. The number of hydrogen-bond acceptors (Lipinski definition) is 1. The van der Waals surface area contributed by atoms with Crippen molar-refractivity contribution in [3.63, 3.8) is 0 Å². The summed E-state index contributed by atoms with van der Waals surface area (Å²) in [5.41, 5.74) is 8.21. The lowest BCUT2D eigenvalue weighted by Gasteiger charge is -2.10. The Morgan fingerprint density at radius 3 is 1.94 bits per heavy atom. The van der Waals surface area contributed by atoms with Crippen LogP contribution in [0.15, 0.2) is 127 Å². The number of para-hydroxylation sites is 3. The summed E-state index contributed by atoms with van der Waals surface area (Å²) in [7, 11) is 0. The van der Waals surface area contributed by atoms with Gasteiger partial charge in [-0.25, -0.2) is 0 Å². The van der Waals surface area contributed by atoms with Crippen LogP contribution in [-0.4, -0.2) is 4.57 Å². The number of anilines is 2. The third-order valence-electron chi connectivity index (χ3n) is 5.95. The van der Waals surface area contributed by atoms with Crippen LogP contribution >= 0.6 is 0 Å². The maximum Gasteiger partial charge on any atom is 0.0541 e. The number of hydrogen-bond donors (Lipinski definition) is 1. The van der Waals surface area contributed by atoms with Gasteiger partial charge in [0, 0.05) is 27.8 Å². The summed E-state index contributed by atoms with van der Waals surface area (Å²) in [5, 5.41) is 6.04. The van der Waals surface area contributed by atoms with E-state index in [1.54, 1.807) is 0 Å². The first-order valence-electron chi connectivity index (χ1n) is 10.9. The van der Waals surface area contributed by atoms with Crippen molar-refractivity contribution in [2.75, 3.05) is 5.32 Å². The Balaban J connectivity index is 1.48. The fraction of sp³-hybridized carbons (Fsp3) is 0. The van der Waals surface area contributed by atoms with E-state index in [0.29, 0.717) is 0 Å². The maximum atomic E-state index is 3.50. The van der Waals surface area contributed by atoms with E-state index < -0.39 is 0 Å². The van der Waals surface area contributed by atoms with Gasteiger partial charge in [-0.1, -0.05) is 72.8 Å². The Bertz CT molecular complexity index is 1530. The van der Waals surface area contributed by atoms with Crippen molar-refractivity contribution in [2.24, 2.45) is 0 Å². The SMILES string of the molecule is c1ccc(Nc2cccc(-c3ccc4c(c3)c3ccccc3n4-c3ccccc3)c2)cc1. The molecule has 0 saturated carbocycles. The predicted molar refractivity (Wildman–Crippen MR) is 136 cm³/mol. The highest BCUT2D eigenvalue weighted by molar-refractivity contribution is 6.10. The number of fused-ring (bicyclic) bond motifs is 3. The molecule has 0 bridgehead atoms. The Labute approximate surface area is 187 Å². The number of rotatable bonds is 4. The summed E-state index contributed by atoms with van der Waals surface area (Å²) in [6.45, 7) is 0. The molecule has 0 aliphatic carbocycles. The van der Waals surface area contributed by atoms with Gasteiger partial charge in [-0.2, -0.15) is 0 Å². The fourth-order valence-corrected chi connectivity index (χ4v) is 4.47. The standard InChI is InChI=1S/C30H22N2/c1-3-11-24(12-4-1)31-25-13-9-10-22(20-25)23-18-19-30-28(21-23)27-16-7-8-17-29(27)32(30)26-14-5-2-6-15-26/h1-21,31H. The molecule has 0 amide bonds. The lowest BCUT2D eigenvalue weighted by atomic mass is 10.0. The van der Waals surface area contributed by atoms with Gasteiger partial charge in [-0.15, -0.1) is 0 Å². The van der Waals surface area contributed by atoms with E-state index in [4.69, 9.17) is 0 Å².